The van der Waals surface area contributed by atoms with Crippen LogP contribution in [0.3, 0.4) is 0 Å². The van der Waals surface area contributed by atoms with Crippen molar-refractivity contribution in [3.05, 3.63) is 90.1 Å². The van der Waals surface area contributed by atoms with Gasteiger partial charge < -0.3 is 5.11 Å². The molecule has 0 saturated heterocycles. The Labute approximate surface area is 133 Å². The van der Waals surface area contributed by atoms with E-state index in [1.54, 1.807) is 12.1 Å². The maximum absolute atomic E-state index is 12.3. The lowest BCUT2D eigenvalue weighted by atomic mass is 10.1. The first-order valence-corrected chi connectivity index (χ1v) is 6.89. The number of hydrogen-bond donors (Lipinski definition) is 2. The smallest absolute Gasteiger partial charge is 0.335 e. The van der Waals surface area contributed by atoms with Crippen molar-refractivity contribution in [3.63, 3.8) is 0 Å². The number of nitrogens with zero attached hydrogens (tertiary/aromatic N) is 1. The molecule has 118 valence electrons. The van der Waals surface area contributed by atoms with Crippen molar-refractivity contribution in [1.29, 1.82) is 0 Å². The van der Waals surface area contributed by atoms with Gasteiger partial charge in [0.2, 0.25) is 10.9 Å². The molecule has 0 atom stereocenters. The predicted octanol–water partition coefficient (Wildman–Crippen LogP) is 0.422. The van der Waals surface area contributed by atoms with Gasteiger partial charge in [-0.15, -0.1) is 0 Å². The summed E-state index contributed by atoms with van der Waals surface area (Å²) >= 11 is 0. The summed E-state index contributed by atoms with van der Waals surface area (Å²) in [6.07, 6.45) is 0. The molecule has 24 heavy (non-hydrogen) atoms. The number of benzene rings is 3. The van der Waals surface area contributed by atoms with Crippen LogP contribution in [0, 0.1) is 0 Å². The van der Waals surface area contributed by atoms with Crippen LogP contribution in [0.1, 0.15) is 10.4 Å². The molecule has 3 aromatic rings. The summed E-state index contributed by atoms with van der Waals surface area (Å²) in [6, 6.07) is 11.7. The highest BCUT2D eigenvalue weighted by Gasteiger charge is 2.10. The first kappa shape index (κ1) is 15.3. The van der Waals surface area contributed by atoms with Gasteiger partial charge in [-0.05, 0) is 18.2 Å². The van der Waals surface area contributed by atoms with Crippen molar-refractivity contribution in [2.45, 2.75) is 0 Å². The zero-order chi connectivity index (χ0) is 17.3. The van der Waals surface area contributed by atoms with Crippen molar-refractivity contribution in [3.8, 4) is 0 Å². The molecule has 0 aliphatic carbocycles. The largest absolute Gasteiger partial charge is 0.478 e. The Morgan fingerprint density at radius 3 is 2.21 bits per heavy atom. The molecule has 2 N–H and O–H groups in total. The summed E-state index contributed by atoms with van der Waals surface area (Å²) in [5.41, 5.74) is 0.286. The third kappa shape index (κ3) is 2.58. The highest BCUT2D eigenvalue weighted by Crippen LogP contribution is 2.10. The second-order valence-electron chi connectivity index (χ2n) is 4.99. The van der Waals surface area contributed by atoms with Gasteiger partial charge in [0.1, 0.15) is 0 Å². The van der Waals surface area contributed by atoms with Crippen LogP contribution in [-0.2, 0) is 0 Å². The zero-order valence-electron chi connectivity index (χ0n) is 12.1. The predicted molar refractivity (Wildman–Crippen MR) is 87.7 cm³/mol. The minimum absolute atomic E-state index is 0.0166. The summed E-state index contributed by atoms with van der Waals surface area (Å²) < 4.78 is 0. The molecular formula is C17H10N2O5. The van der Waals surface area contributed by atoms with Gasteiger partial charge in [-0.1, -0.05) is 30.3 Å². The average Bonchev–Trinajstić information content (AvgIpc) is 2.60. The van der Waals surface area contributed by atoms with Crippen LogP contribution in [-0.4, -0.2) is 11.1 Å². The molecule has 0 bridgehead atoms. The van der Waals surface area contributed by atoms with Gasteiger partial charge in [-0.3, -0.25) is 19.8 Å². The molecule has 3 aromatic carbocycles. The molecule has 0 amide bonds. The Hall–Kier alpha value is -3.61. The molecule has 0 spiro atoms. The molecule has 7 heteroatoms. The molecule has 0 fully saturated rings. The third-order valence-electron chi connectivity index (χ3n) is 3.46. The summed E-state index contributed by atoms with van der Waals surface area (Å²) in [5.74, 6) is -1.12. The van der Waals surface area contributed by atoms with E-state index >= 15 is 0 Å². The molecule has 0 aromatic heterocycles. The number of anilines is 1. The quantitative estimate of drug-likeness (QED) is 0.534. The van der Waals surface area contributed by atoms with E-state index in [0.717, 1.165) is 0 Å². The average molecular weight is 322 g/mol. The standard InChI is InChI=1S/C17H10N2O5/c20-14-11-6-1-2-7-12(11)15(21)16(22)13(14)19-18-10-5-3-4-9(8-10)17(23)24/h1-8,18H,(H,23,24)/b19-13-. The molecule has 3 rings (SSSR count). The number of nitrogens with one attached hydrogen (secondary N) is 1. The fourth-order valence-corrected chi connectivity index (χ4v) is 2.28. The summed E-state index contributed by atoms with van der Waals surface area (Å²) in [5, 5.41) is 12.3. The monoisotopic (exact) mass is 322 g/mol. The number of carboxylic acids is 1. The second kappa shape index (κ2) is 5.88. The van der Waals surface area contributed by atoms with E-state index in [2.05, 4.69) is 10.5 Å². The van der Waals surface area contributed by atoms with E-state index in [0.29, 0.717) is 0 Å². The van der Waals surface area contributed by atoms with Gasteiger partial charge in [0.25, 0.3) is 5.43 Å². The van der Waals surface area contributed by atoms with Crippen LogP contribution in [0.15, 0.2) is 68.0 Å². The van der Waals surface area contributed by atoms with Crippen LogP contribution in [0.2, 0.25) is 0 Å². The van der Waals surface area contributed by atoms with Crippen LogP contribution in [0.25, 0.3) is 10.8 Å². The first-order valence-electron chi connectivity index (χ1n) is 6.89. The van der Waals surface area contributed by atoms with Gasteiger partial charge in [0, 0.05) is 10.8 Å². The highest BCUT2D eigenvalue weighted by molar-refractivity contribution is 5.88. The molecule has 0 aliphatic rings. The lowest BCUT2D eigenvalue weighted by molar-refractivity contribution is 0.0697. The van der Waals surface area contributed by atoms with Crippen LogP contribution < -0.4 is 27.1 Å². The number of aromatic carboxylic acids is 1. The Kier molecular flexibility index (Phi) is 3.75. The Bertz CT molecular complexity index is 1170. The lowest BCUT2D eigenvalue weighted by Crippen LogP contribution is -2.48. The fourth-order valence-electron chi connectivity index (χ4n) is 2.28. The molecular weight excluding hydrogens is 312 g/mol. The minimum Gasteiger partial charge on any atom is -0.478 e. The Morgan fingerprint density at radius 1 is 0.875 bits per heavy atom. The SMILES string of the molecule is O=C(O)c1cccc(N/N=c2\c(=O)c(=O)c3ccccc3c2=O)c1. The van der Waals surface area contributed by atoms with Gasteiger partial charge in [-0.25, -0.2) is 4.79 Å². The van der Waals surface area contributed by atoms with Crippen LogP contribution in [0.4, 0.5) is 5.69 Å². The third-order valence-corrected chi connectivity index (χ3v) is 3.46. The fraction of sp³-hybridized carbons (Fsp3) is 0. The molecule has 0 heterocycles. The van der Waals surface area contributed by atoms with Crippen molar-refractivity contribution >= 4 is 22.4 Å². The van der Waals surface area contributed by atoms with Gasteiger partial charge in [0.05, 0.1) is 11.3 Å². The minimum atomic E-state index is -1.12. The van der Waals surface area contributed by atoms with E-state index in [1.165, 1.54) is 36.4 Å². The lowest BCUT2D eigenvalue weighted by Gasteiger charge is -2.01. The van der Waals surface area contributed by atoms with E-state index in [-0.39, 0.29) is 22.0 Å². The van der Waals surface area contributed by atoms with Crippen molar-refractivity contribution < 1.29 is 9.90 Å². The number of fused-ring (bicyclic) bond motifs is 1. The van der Waals surface area contributed by atoms with E-state index < -0.39 is 27.6 Å². The van der Waals surface area contributed by atoms with E-state index in [4.69, 9.17) is 5.11 Å². The second-order valence-corrected chi connectivity index (χ2v) is 4.99. The van der Waals surface area contributed by atoms with Crippen LogP contribution >= 0.6 is 0 Å². The van der Waals surface area contributed by atoms with E-state index in [1.807, 2.05) is 0 Å². The van der Waals surface area contributed by atoms with Gasteiger partial charge in [0.15, 0.2) is 5.36 Å². The molecule has 0 radical (unpaired) electrons. The zero-order valence-corrected chi connectivity index (χ0v) is 12.1. The summed E-state index contributed by atoms with van der Waals surface area (Å²) in [7, 11) is 0. The Balaban J connectivity index is 2.17. The number of rotatable bonds is 3. The van der Waals surface area contributed by atoms with Crippen LogP contribution in [0.5, 0.6) is 0 Å². The Morgan fingerprint density at radius 2 is 1.54 bits per heavy atom. The van der Waals surface area contributed by atoms with Crippen molar-refractivity contribution in [1.82, 2.24) is 0 Å². The maximum Gasteiger partial charge on any atom is 0.335 e. The maximum atomic E-state index is 12.3. The molecule has 0 saturated carbocycles. The number of carboxylic acid groups (broad SMARTS) is 1. The topological polar surface area (TPSA) is 113 Å². The van der Waals surface area contributed by atoms with E-state index in [9.17, 15) is 19.2 Å². The normalized spacial score (nSPS) is 11.6. The number of hydrogen-bond acceptors (Lipinski definition) is 6. The highest BCUT2D eigenvalue weighted by atomic mass is 16.4. The van der Waals surface area contributed by atoms with Crippen molar-refractivity contribution in [2.75, 3.05) is 5.43 Å². The summed E-state index contributed by atoms with van der Waals surface area (Å²) in [4.78, 5) is 47.4. The molecule has 0 unspecified atom stereocenters. The van der Waals surface area contributed by atoms with Gasteiger partial charge >= 0.3 is 5.97 Å². The van der Waals surface area contributed by atoms with Gasteiger partial charge in [-0.2, -0.15) is 5.10 Å². The molecule has 7 nitrogen and oxygen atoms in total. The molecule has 0 aliphatic heterocycles. The summed E-state index contributed by atoms with van der Waals surface area (Å²) in [6.45, 7) is 0. The van der Waals surface area contributed by atoms with Crippen molar-refractivity contribution in [2.24, 2.45) is 5.10 Å². The first-order chi connectivity index (χ1) is 11.5. The number of carbonyl (C=O) groups is 1.